The van der Waals surface area contributed by atoms with Gasteiger partial charge in [-0.1, -0.05) is 6.07 Å². The van der Waals surface area contributed by atoms with E-state index in [2.05, 4.69) is 20.6 Å². The molecule has 4 rings (SSSR count). The van der Waals surface area contributed by atoms with Gasteiger partial charge in [0.2, 0.25) is 5.91 Å². The van der Waals surface area contributed by atoms with Gasteiger partial charge in [-0.15, -0.1) is 34.0 Å². The number of thiazole rings is 2. The van der Waals surface area contributed by atoms with Crippen LogP contribution in [0.4, 0.5) is 5.13 Å². The third-order valence-electron chi connectivity index (χ3n) is 3.89. The molecule has 0 saturated carbocycles. The molecular formula is C19H16N4O3S3. The Bertz CT molecular complexity index is 1160. The average molecular weight is 445 g/mol. The van der Waals surface area contributed by atoms with E-state index in [1.165, 1.54) is 29.6 Å². The van der Waals surface area contributed by atoms with Crippen molar-refractivity contribution in [1.29, 1.82) is 0 Å². The van der Waals surface area contributed by atoms with Gasteiger partial charge in [-0.25, -0.2) is 9.97 Å². The molecule has 0 aromatic carbocycles. The first-order valence-corrected chi connectivity index (χ1v) is 11.2. The lowest BCUT2D eigenvalue weighted by Crippen LogP contribution is -2.18. The number of amides is 2. The van der Waals surface area contributed by atoms with E-state index in [1.807, 2.05) is 29.8 Å². The number of hydrogen-bond donors (Lipinski definition) is 2. The number of nitrogens with one attached hydrogen (secondary N) is 2. The van der Waals surface area contributed by atoms with Crippen molar-refractivity contribution in [2.45, 2.75) is 20.4 Å². The molecule has 2 N–H and O–H groups in total. The molecule has 29 heavy (non-hydrogen) atoms. The van der Waals surface area contributed by atoms with Crippen molar-refractivity contribution in [3.8, 4) is 21.3 Å². The lowest BCUT2D eigenvalue weighted by molar-refractivity contribution is -0.119. The fraction of sp³-hybridized carbons (Fsp3) is 0.158. The van der Waals surface area contributed by atoms with E-state index in [-0.39, 0.29) is 11.8 Å². The highest BCUT2D eigenvalue weighted by Gasteiger charge is 2.18. The van der Waals surface area contributed by atoms with Crippen LogP contribution in [-0.4, -0.2) is 21.8 Å². The molecule has 2 amide bonds. The first kappa shape index (κ1) is 19.5. The van der Waals surface area contributed by atoms with Gasteiger partial charge in [-0.3, -0.25) is 14.9 Å². The molecule has 4 aromatic heterocycles. The molecule has 0 spiro atoms. The Morgan fingerprint density at radius 1 is 1.17 bits per heavy atom. The molecule has 0 fully saturated rings. The third kappa shape index (κ3) is 4.44. The summed E-state index contributed by atoms with van der Waals surface area (Å²) in [5.41, 5.74) is 1.32. The number of hydrogen-bond acceptors (Lipinski definition) is 8. The fourth-order valence-electron chi connectivity index (χ4n) is 2.53. The first-order chi connectivity index (χ1) is 14.0. The summed E-state index contributed by atoms with van der Waals surface area (Å²) in [4.78, 5) is 34.2. The largest absolute Gasteiger partial charge is 0.458 e. The number of aromatic nitrogens is 2. The highest BCUT2D eigenvalue weighted by molar-refractivity contribution is 7.22. The van der Waals surface area contributed by atoms with Gasteiger partial charge in [0.05, 0.1) is 17.1 Å². The average Bonchev–Trinajstić information content (AvgIpc) is 3.46. The Morgan fingerprint density at radius 2 is 2.03 bits per heavy atom. The summed E-state index contributed by atoms with van der Waals surface area (Å²) in [6, 6.07) is 7.53. The summed E-state index contributed by atoms with van der Waals surface area (Å²) >= 11 is 4.28. The zero-order valence-electron chi connectivity index (χ0n) is 15.5. The van der Waals surface area contributed by atoms with Crippen molar-refractivity contribution in [1.82, 2.24) is 15.3 Å². The smallest absolute Gasteiger partial charge is 0.269 e. The van der Waals surface area contributed by atoms with Crippen LogP contribution in [0, 0.1) is 6.92 Å². The van der Waals surface area contributed by atoms with Gasteiger partial charge in [0.25, 0.3) is 5.91 Å². The highest BCUT2D eigenvalue weighted by Crippen LogP contribution is 2.32. The number of rotatable bonds is 6. The summed E-state index contributed by atoms with van der Waals surface area (Å²) in [6.45, 7) is 3.60. The van der Waals surface area contributed by atoms with E-state index < -0.39 is 0 Å². The van der Waals surface area contributed by atoms with Gasteiger partial charge >= 0.3 is 0 Å². The predicted molar refractivity (Wildman–Crippen MR) is 115 cm³/mol. The molecule has 0 bridgehead atoms. The highest BCUT2D eigenvalue weighted by atomic mass is 32.1. The normalized spacial score (nSPS) is 10.8. The molecule has 10 heteroatoms. The number of aryl methyl sites for hydroxylation is 1. The van der Waals surface area contributed by atoms with Crippen LogP contribution < -0.4 is 10.6 Å². The van der Waals surface area contributed by atoms with Crippen LogP contribution in [0.1, 0.15) is 28.0 Å². The molecule has 148 valence electrons. The summed E-state index contributed by atoms with van der Waals surface area (Å²) in [5.74, 6) is 0.864. The van der Waals surface area contributed by atoms with E-state index in [1.54, 1.807) is 23.5 Å². The molecule has 0 unspecified atom stereocenters. The predicted octanol–water partition coefficient (Wildman–Crippen LogP) is 4.78. The Hall–Kier alpha value is -2.82. The fourth-order valence-corrected chi connectivity index (χ4v) is 4.99. The monoisotopic (exact) mass is 444 g/mol. The molecule has 4 heterocycles. The van der Waals surface area contributed by atoms with Crippen LogP contribution in [0.25, 0.3) is 21.3 Å². The maximum absolute atomic E-state index is 12.7. The molecule has 0 radical (unpaired) electrons. The zero-order chi connectivity index (χ0) is 20.4. The van der Waals surface area contributed by atoms with Crippen LogP contribution in [-0.2, 0) is 11.3 Å². The maximum Gasteiger partial charge on any atom is 0.269 e. The molecule has 0 aliphatic heterocycles. The molecular weight excluding hydrogens is 428 g/mol. The maximum atomic E-state index is 12.7. The van der Waals surface area contributed by atoms with Crippen LogP contribution >= 0.6 is 34.0 Å². The second kappa shape index (κ2) is 8.27. The second-order valence-corrected chi connectivity index (χ2v) is 8.88. The van der Waals surface area contributed by atoms with Crippen molar-refractivity contribution >= 4 is 51.0 Å². The lowest BCUT2D eigenvalue weighted by atomic mass is 10.3. The van der Waals surface area contributed by atoms with E-state index in [0.29, 0.717) is 39.5 Å². The molecule has 0 aliphatic rings. The van der Waals surface area contributed by atoms with Gasteiger partial charge in [0.1, 0.15) is 21.3 Å². The third-order valence-corrected chi connectivity index (χ3v) is 6.84. The quantitative estimate of drug-likeness (QED) is 0.446. The number of nitrogens with zero attached hydrogens (tertiary/aromatic N) is 2. The first-order valence-electron chi connectivity index (χ1n) is 8.61. The molecule has 7 nitrogen and oxygen atoms in total. The van der Waals surface area contributed by atoms with Gasteiger partial charge < -0.3 is 9.73 Å². The van der Waals surface area contributed by atoms with Crippen LogP contribution in [0.2, 0.25) is 0 Å². The van der Waals surface area contributed by atoms with E-state index in [9.17, 15) is 9.59 Å². The van der Waals surface area contributed by atoms with E-state index >= 15 is 0 Å². The minimum absolute atomic E-state index is 0.123. The topological polar surface area (TPSA) is 97.1 Å². The van der Waals surface area contributed by atoms with Crippen molar-refractivity contribution in [2.24, 2.45) is 0 Å². The van der Waals surface area contributed by atoms with E-state index in [0.717, 1.165) is 9.88 Å². The van der Waals surface area contributed by atoms with Crippen molar-refractivity contribution in [3.63, 3.8) is 0 Å². The van der Waals surface area contributed by atoms with Crippen molar-refractivity contribution in [2.75, 3.05) is 5.32 Å². The van der Waals surface area contributed by atoms with Crippen molar-refractivity contribution < 1.29 is 14.0 Å². The standard InChI is InChI=1S/C19H16N4O3S3/c1-10-16(29-18(21-10)15-4-3-7-27-15)17(25)23-19-22-13(9-28-19)14-6-5-12(26-14)8-20-11(2)24/h3-7,9H,8H2,1-2H3,(H,20,24)(H,22,23,25). The van der Waals surface area contributed by atoms with Crippen LogP contribution in [0.5, 0.6) is 0 Å². The summed E-state index contributed by atoms with van der Waals surface area (Å²) in [6.07, 6.45) is 0. The minimum atomic E-state index is -0.227. The van der Waals surface area contributed by atoms with Crippen molar-refractivity contribution in [3.05, 3.63) is 51.4 Å². The number of thiophene rings is 1. The molecule has 0 atom stereocenters. The molecule has 4 aromatic rings. The molecule has 0 saturated heterocycles. The van der Waals surface area contributed by atoms with Crippen LogP contribution in [0.3, 0.4) is 0 Å². The second-order valence-electron chi connectivity index (χ2n) is 6.08. The Morgan fingerprint density at radius 3 is 2.79 bits per heavy atom. The van der Waals surface area contributed by atoms with Gasteiger partial charge in [0, 0.05) is 12.3 Å². The summed E-state index contributed by atoms with van der Waals surface area (Å²) < 4.78 is 5.70. The zero-order valence-corrected chi connectivity index (χ0v) is 18.0. The van der Waals surface area contributed by atoms with E-state index in [4.69, 9.17) is 4.42 Å². The SMILES string of the molecule is CC(=O)NCc1ccc(-c2csc(NC(=O)c3sc(-c4cccs4)nc3C)n2)o1. The Kier molecular flexibility index (Phi) is 5.56. The van der Waals surface area contributed by atoms with Crippen LogP contribution in [0.15, 0.2) is 39.4 Å². The number of anilines is 1. The summed E-state index contributed by atoms with van der Waals surface area (Å²) in [5, 5.41) is 10.6. The van der Waals surface area contributed by atoms with Gasteiger partial charge in [0.15, 0.2) is 10.9 Å². The Labute approximate surface area is 178 Å². The number of carbonyl (C=O) groups is 2. The van der Waals surface area contributed by atoms with Gasteiger partial charge in [-0.05, 0) is 30.5 Å². The number of carbonyl (C=O) groups excluding carboxylic acids is 2. The molecule has 0 aliphatic carbocycles. The lowest BCUT2D eigenvalue weighted by Gasteiger charge is -1.99. The number of furan rings is 1. The minimum Gasteiger partial charge on any atom is -0.458 e. The summed E-state index contributed by atoms with van der Waals surface area (Å²) in [7, 11) is 0. The Balaban J connectivity index is 1.45. The van der Waals surface area contributed by atoms with Gasteiger partial charge in [-0.2, -0.15) is 0 Å².